The lowest BCUT2D eigenvalue weighted by molar-refractivity contribution is -0.188. The van der Waals surface area contributed by atoms with Crippen LogP contribution in [-0.2, 0) is 18.8 Å². The van der Waals surface area contributed by atoms with Gasteiger partial charge in [-0.2, -0.15) is 0 Å². The summed E-state index contributed by atoms with van der Waals surface area (Å²) in [7, 11) is -1.66. The van der Waals surface area contributed by atoms with E-state index in [9.17, 15) is 14.7 Å². The molecule has 0 amide bonds. The van der Waals surface area contributed by atoms with Crippen molar-refractivity contribution in [3.63, 3.8) is 0 Å². The average Bonchev–Trinajstić information content (AvgIpc) is 2.53. The zero-order valence-electron chi connectivity index (χ0n) is 19.4. The van der Waals surface area contributed by atoms with E-state index in [2.05, 4.69) is 40.8 Å². The van der Waals surface area contributed by atoms with Crippen molar-refractivity contribution >= 4 is 20.6 Å². The molecular weight excluding hydrogens is 372 g/mol. The van der Waals surface area contributed by atoms with Crippen molar-refractivity contribution in [1.82, 2.24) is 0 Å². The first-order valence-electron chi connectivity index (χ1n) is 10.9. The summed E-state index contributed by atoms with van der Waals surface area (Å²) in [4.78, 5) is 21.5. The molecule has 0 bridgehead atoms. The van der Waals surface area contributed by atoms with Gasteiger partial charge < -0.3 is 19.1 Å². The van der Waals surface area contributed by atoms with Gasteiger partial charge in [0.25, 0.3) is 0 Å². The minimum atomic E-state index is -1.66. The molecule has 1 N–H and O–H groups in total. The van der Waals surface area contributed by atoms with Crippen molar-refractivity contribution in [3.8, 4) is 0 Å². The number of aldehydes is 1. The lowest BCUT2D eigenvalue weighted by Crippen LogP contribution is -2.46. The van der Waals surface area contributed by atoms with Gasteiger partial charge in [-0.25, -0.2) is 0 Å². The smallest absolute Gasteiger partial charge is 0.313 e. The number of carbonyl (C=O) groups excluding carboxylic acids is 2. The maximum atomic E-state index is 11.2. The first kappa shape index (κ1) is 27.3. The molecule has 1 heterocycles. The summed E-state index contributed by atoms with van der Waals surface area (Å²) in [6.07, 6.45) is 7.37. The van der Waals surface area contributed by atoms with Crippen molar-refractivity contribution in [3.05, 3.63) is 0 Å². The van der Waals surface area contributed by atoms with Gasteiger partial charge in [0.05, 0.1) is 12.0 Å². The number of ether oxygens (including phenoxy) is 1. The van der Waals surface area contributed by atoms with Crippen molar-refractivity contribution < 1.29 is 23.9 Å². The van der Waals surface area contributed by atoms with E-state index in [0.717, 1.165) is 19.1 Å². The van der Waals surface area contributed by atoms with Gasteiger partial charge >= 0.3 is 5.97 Å². The highest BCUT2D eigenvalue weighted by molar-refractivity contribution is 6.74. The molecule has 166 valence electrons. The molecule has 5 nitrogen and oxygen atoms in total. The molecular formula is C22H44O5Si. The Morgan fingerprint density at radius 2 is 1.82 bits per heavy atom. The lowest BCUT2D eigenvalue weighted by Gasteiger charge is -2.38. The van der Waals surface area contributed by atoms with Crippen LogP contribution in [0.5, 0.6) is 0 Å². The SMILES string of the molecule is CCCCCC[C@@H]1C(=O)OC1C[C@@H](C)O.C[C@H](CC=O)O[Si](C)(C)C(C)(C)C. The molecule has 0 aromatic rings. The van der Waals surface area contributed by atoms with E-state index in [4.69, 9.17) is 9.16 Å². The third kappa shape index (κ3) is 10.2. The normalized spacial score (nSPS) is 21.7. The molecule has 0 spiro atoms. The van der Waals surface area contributed by atoms with Crippen LogP contribution in [0.2, 0.25) is 18.1 Å². The zero-order valence-corrected chi connectivity index (χ0v) is 20.4. The van der Waals surface area contributed by atoms with E-state index in [-0.39, 0.29) is 35.2 Å². The summed E-state index contributed by atoms with van der Waals surface area (Å²) in [6.45, 7) is 16.9. The van der Waals surface area contributed by atoms with Crippen molar-refractivity contribution in [2.75, 3.05) is 0 Å². The van der Waals surface area contributed by atoms with Crippen LogP contribution in [-0.4, -0.2) is 44.0 Å². The Labute approximate surface area is 173 Å². The second-order valence-corrected chi connectivity index (χ2v) is 14.4. The monoisotopic (exact) mass is 416 g/mol. The Kier molecular flexibility index (Phi) is 12.4. The van der Waals surface area contributed by atoms with Crippen LogP contribution in [0.1, 0.15) is 86.5 Å². The second-order valence-electron chi connectivity index (χ2n) is 9.61. The number of aliphatic hydroxyl groups is 1. The summed E-state index contributed by atoms with van der Waals surface area (Å²) in [6, 6.07) is 0. The van der Waals surface area contributed by atoms with Crippen LogP contribution in [0, 0.1) is 5.92 Å². The summed E-state index contributed by atoms with van der Waals surface area (Å²) >= 11 is 0. The molecule has 0 aliphatic carbocycles. The summed E-state index contributed by atoms with van der Waals surface area (Å²) in [5.41, 5.74) is 0. The Hall–Kier alpha value is -0.723. The predicted molar refractivity (Wildman–Crippen MR) is 117 cm³/mol. The Morgan fingerprint density at radius 3 is 2.25 bits per heavy atom. The molecule has 1 unspecified atom stereocenters. The van der Waals surface area contributed by atoms with Gasteiger partial charge in [0.15, 0.2) is 8.32 Å². The van der Waals surface area contributed by atoms with Crippen LogP contribution in [0.4, 0.5) is 0 Å². The highest BCUT2D eigenvalue weighted by atomic mass is 28.4. The molecule has 4 atom stereocenters. The largest absolute Gasteiger partial charge is 0.461 e. The van der Waals surface area contributed by atoms with Crippen LogP contribution in [0.25, 0.3) is 0 Å². The Balaban J connectivity index is 0.000000528. The van der Waals surface area contributed by atoms with E-state index in [1.165, 1.54) is 19.3 Å². The van der Waals surface area contributed by atoms with Gasteiger partial charge in [0.2, 0.25) is 0 Å². The van der Waals surface area contributed by atoms with E-state index in [0.29, 0.717) is 12.8 Å². The number of rotatable bonds is 11. The van der Waals surface area contributed by atoms with E-state index in [1.807, 2.05) is 6.92 Å². The van der Waals surface area contributed by atoms with E-state index in [1.54, 1.807) is 6.92 Å². The van der Waals surface area contributed by atoms with Gasteiger partial charge in [-0.1, -0.05) is 53.4 Å². The van der Waals surface area contributed by atoms with Gasteiger partial charge in [0.1, 0.15) is 12.4 Å². The molecule has 1 fully saturated rings. The third-order valence-corrected chi connectivity index (χ3v) is 10.3. The second kappa shape index (κ2) is 12.8. The number of aliphatic hydroxyl groups excluding tert-OH is 1. The molecule has 28 heavy (non-hydrogen) atoms. The van der Waals surface area contributed by atoms with Crippen molar-refractivity contribution in [2.45, 2.75) is 123 Å². The Morgan fingerprint density at radius 1 is 1.21 bits per heavy atom. The number of cyclic esters (lactones) is 1. The van der Waals surface area contributed by atoms with Crippen LogP contribution < -0.4 is 0 Å². The zero-order chi connectivity index (χ0) is 22.0. The summed E-state index contributed by atoms with van der Waals surface area (Å²) in [5.74, 6) is -0.0198. The molecule has 0 radical (unpaired) electrons. The maximum absolute atomic E-state index is 11.2. The standard InChI is InChI=1S/C12H22O3.C10H22O2Si/c1-3-4-5-6-7-10-11(8-9(2)13)15-12(10)14;1-9(7-8-11)12-13(5,6)10(2,3)4/h9-11,13H,3-8H2,1-2H3;8-9H,7H2,1-6H3/t9-,10+,11?;9-/m11/s1. The minimum absolute atomic E-state index is 0.0286. The van der Waals surface area contributed by atoms with Crippen molar-refractivity contribution in [2.24, 2.45) is 5.92 Å². The maximum Gasteiger partial charge on any atom is 0.313 e. The fraction of sp³-hybridized carbons (Fsp3) is 0.909. The minimum Gasteiger partial charge on any atom is -0.461 e. The van der Waals surface area contributed by atoms with E-state index < -0.39 is 8.32 Å². The molecule has 6 heteroatoms. The number of esters is 1. The lowest BCUT2D eigenvalue weighted by atomic mass is 9.88. The summed E-state index contributed by atoms with van der Waals surface area (Å²) in [5, 5.41) is 9.44. The third-order valence-electron chi connectivity index (χ3n) is 5.69. The number of carbonyl (C=O) groups is 2. The van der Waals surface area contributed by atoms with Gasteiger partial charge in [-0.15, -0.1) is 0 Å². The molecule has 0 saturated carbocycles. The quantitative estimate of drug-likeness (QED) is 0.215. The summed E-state index contributed by atoms with van der Waals surface area (Å²) < 4.78 is 11.0. The molecule has 1 rings (SSSR count). The molecule has 1 saturated heterocycles. The average molecular weight is 417 g/mol. The fourth-order valence-corrected chi connectivity index (χ4v) is 4.36. The van der Waals surface area contributed by atoms with Crippen LogP contribution in [0.15, 0.2) is 0 Å². The topological polar surface area (TPSA) is 72.8 Å². The van der Waals surface area contributed by atoms with Crippen LogP contribution in [0.3, 0.4) is 0 Å². The first-order valence-corrected chi connectivity index (χ1v) is 13.8. The first-order chi connectivity index (χ1) is 12.9. The van der Waals surface area contributed by atoms with Gasteiger partial charge in [0, 0.05) is 18.9 Å². The fourth-order valence-electron chi connectivity index (χ4n) is 2.90. The van der Waals surface area contributed by atoms with Gasteiger partial charge in [-0.3, -0.25) is 4.79 Å². The molecule has 1 aliphatic heterocycles. The van der Waals surface area contributed by atoms with Gasteiger partial charge in [-0.05, 0) is 38.4 Å². The van der Waals surface area contributed by atoms with E-state index >= 15 is 0 Å². The number of hydrogen-bond acceptors (Lipinski definition) is 5. The highest BCUT2D eigenvalue weighted by Gasteiger charge is 2.42. The Bertz CT molecular complexity index is 456. The molecule has 0 aromatic carbocycles. The van der Waals surface area contributed by atoms with Crippen LogP contribution >= 0.6 is 0 Å². The molecule has 1 aliphatic rings. The number of unbranched alkanes of at least 4 members (excludes halogenated alkanes) is 3. The van der Waals surface area contributed by atoms with Crippen molar-refractivity contribution in [1.29, 1.82) is 0 Å². The molecule has 0 aromatic heterocycles. The predicted octanol–water partition coefficient (Wildman–Crippen LogP) is 5.26. The number of hydrogen-bond donors (Lipinski definition) is 1. The highest BCUT2D eigenvalue weighted by Crippen LogP contribution is 2.37.